The zero-order valence-corrected chi connectivity index (χ0v) is 15.1. The normalized spacial score (nSPS) is 11.1. The number of halogens is 1. The number of esters is 1. The SMILES string of the molecule is Cc1ccc(/C=C/C(=O)OCc2nc(-c3cccs3)no2)c(Br)c1. The van der Waals surface area contributed by atoms with E-state index in [4.69, 9.17) is 9.26 Å². The number of aryl methyl sites for hydroxylation is 1. The Morgan fingerprint density at radius 1 is 1.42 bits per heavy atom. The third-order valence-corrected chi connectivity index (χ3v) is 4.66. The van der Waals surface area contributed by atoms with Crippen LogP contribution in [0.5, 0.6) is 0 Å². The van der Waals surface area contributed by atoms with Crippen molar-refractivity contribution in [3.8, 4) is 10.7 Å². The summed E-state index contributed by atoms with van der Waals surface area (Å²) in [5.74, 6) is 0.283. The van der Waals surface area contributed by atoms with Gasteiger partial charge in [0.25, 0.3) is 5.89 Å². The number of carbonyl (C=O) groups is 1. The van der Waals surface area contributed by atoms with Gasteiger partial charge in [0.05, 0.1) is 4.88 Å². The topological polar surface area (TPSA) is 65.2 Å². The Labute approximate surface area is 151 Å². The van der Waals surface area contributed by atoms with Crippen molar-refractivity contribution in [2.45, 2.75) is 13.5 Å². The minimum atomic E-state index is -0.474. The molecule has 0 spiro atoms. The van der Waals surface area contributed by atoms with Gasteiger partial charge >= 0.3 is 5.97 Å². The average molecular weight is 405 g/mol. The molecule has 0 fully saturated rings. The van der Waals surface area contributed by atoms with Gasteiger partial charge in [-0.3, -0.25) is 0 Å². The number of hydrogen-bond acceptors (Lipinski definition) is 6. The highest BCUT2D eigenvalue weighted by Gasteiger charge is 2.10. The molecule has 0 N–H and O–H groups in total. The summed E-state index contributed by atoms with van der Waals surface area (Å²) in [6.45, 7) is 1.94. The fourth-order valence-electron chi connectivity index (χ4n) is 1.93. The van der Waals surface area contributed by atoms with Gasteiger partial charge in [0, 0.05) is 10.5 Å². The maximum Gasteiger partial charge on any atom is 0.331 e. The Balaban J connectivity index is 1.57. The highest BCUT2D eigenvalue weighted by atomic mass is 79.9. The Bertz CT molecular complexity index is 872. The number of nitrogens with zero attached hydrogens (tertiary/aromatic N) is 2. The van der Waals surface area contributed by atoms with E-state index in [1.54, 1.807) is 6.08 Å². The molecule has 5 nitrogen and oxygen atoms in total. The van der Waals surface area contributed by atoms with Gasteiger partial charge in [-0.2, -0.15) is 4.98 Å². The summed E-state index contributed by atoms with van der Waals surface area (Å²) in [5.41, 5.74) is 2.04. The highest BCUT2D eigenvalue weighted by molar-refractivity contribution is 9.10. The van der Waals surface area contributed by atoms with Gasteiger partial charge in [0.15, 0.2) is 6.61 Å². The van der Waals surface area contributed by atoms with E-state index in [1.807, 2.05) is 42.6 Å². The summed E-state index contributed by atoms with van der Waals surface area (Å²) >= 11 is 4.97. The van der Waals surface area contributed by atoms with Crippen LogP contribution in [0.25, 0.3) is 16.8 Å². The second-order valence-electron chi connectivity index (χ2n) is 4.96. The first-order valence-corrected chi connectivity index (χ1v) is 8.76. The molecule has 2 heterocycles. The molecule has 0 aliphatic heterocycles. The van der Waals surface area contributed by atoms with Crippen molar-refractivity contribution in [2.24, 2.45) is 0 Å². The highest BCUT2D eigenvalue weighted by Crippen LogP contribution is 2.22. The number of hydrogen-bond donors (Lipinski definition) is 0. The molecule has 0 unspecified atom stereocenters. The minimum Gasteiger partial charge on any atom is -0.452 e. The molecule has 24 heavy (non-hydrogen) atoms. The lowest BCUT2D eigenvalue weighted by Crippen LogP contribution is -2.01. The van der Waals surface area contributed by atoms with Gasteiger partial charge in [-0.15, -0.1) is 11.3 Å². The molecule has 0 saturated carbocycles. The van der Waals surface area contributed by atoms with Crippen molar-refractivity contribution in [2.75, 3.05) is 0 Å². The molecule has 0 radical (unpaired) electrons. The summed E-state index contributed by atoms with van der Waals surface area (Å²) < 4.78 is 11.1. The lowest BCUT2D eigenvalue weighted by atomic mass is 10.1. The number of ether oxygens (including phenoxy) is 1. The van der Waals surface area contributed by atoms with Crippen molar-refractivity contribution in [3.05, 3.63) is 63.3 Å². The van der Waals surface area contributed by atoms with Gasteiger partial charge in [-0.05, 0) is 41.6 Å². The van der Waals surface area contributed by atoms with Crippen LogP contribution < -0.4 is 0 Å². The average Bonchev–Trinajstić information content (AvgIpc) is 3.23. The van der Waals surface area contributed by atoms with Gasteiger partial charge in [-0.25, -0.2) is 4.79 Å². The molecule has 0 amide bonds. The molecule has 0 saturated heterocycles. The second-order valence-corrected chi connectivity index (χ2v) is 6.76. The van der Waals surface area contributed by atoms with E-state index < -0.39 is 5.97 Å². The maximum atomic E-state index is 11.8. The minimum absolute atomic E-state index is 0.0589. The zero-order valence-electron chi connectivity index (χ0n) is 12.7. The Hall–Kier alpha value is -2.25. The summed E-state index contributed by atoms with van der Waals surface area (Å²) in [6.07, 6.45) is 3.06. The molecule has 3 aromatic rings. The molecule has 1 aromatic carbocycles. The van der Waals surface area contributed by atoms with Crippen LogP contribution in [-0.2, 0) is 16.1 Å². The number of aromatic nitrogens is 2. The van der Waals surface area contributed by atoms with E-state index in [2.05, 4.69) is 26.1 Å². The monoisotopic (exact) mass is 404 g/mol. The van der Waals surface area contributed by atoms with E-state index in [1.165, 1.54) is 17.4 Å². The van der Waals surface area contributed by atoms with E-state index >= 15 is 0 Å². The first kappa shape index (κ1) is 16.6. The second kappa shape index (κ2) is 7.55. The molecule has 0 atom stereocenters. The molecule has 0 aliphatic carbocycles. The van der Waals surface area contributed by atoms with Crippen LogP contribution in [0.1, 0.15) is 17.0 Å². The summed E-state index contributed by atoms with van der Waals surface area (Å²) in [7, 11) is 0. The third kappa shape index (κ3) is 4.18. The quantitative estimate of drug-likeness (QED) is 0.458. The third-order valence-electron chi connectivity index (χ3n) is 3.10. The van der Waals surface area contributed by atoms with Crippen LogP contribution >= 0.6 is 27.3 Å². The predicted molar refractivity (Wildman–Crippen MR) is 95.3 cm³/mol. The Morgan fingerprint density at radius 3 is 3.04 bits per heavy atom. The lowest BCUT2D eigenvalue weighted by molar-refractivity contribution is -0.139. The first-order chi connectivity index (χ1) is 11.6. The van der Waals surface area contributed by atoms with Crippen molar-refractivity contribution < 1.29 is 14.1 Å². The van der Waals surface area contributed by atoms with Crippen LogP contribution in [0.4, 0.5) is 0 Å². The number of thiophene rings is 1. The molecular weight excluding hydrogens is 392 g/mol. The van der Waals surface area contributed by atoms with Crippen LogP contribution in [0.3, 0.4) is 0 Å². The zero-order chi connectivity index (χ0) is 16.9. The largest absolute Gasteiger partial charge is 0.452 e. The predicted octanol–water partition coefficient (Wildman–Crippen LogP) is 4.63. The summed E-state index contributed by atoms with van der Waals surface area (Å²) in [4.78, 5) is 16.9. The van der Waals surface area contributed by atoms with E-state index in [-0.39, 0.29) is 12.5 Å². The van der Waals surface area contributed by atoms with E-state index in [0.717, 1.165) is 20.5 Å². The van der Waals surface area contributed by atoms with Crippen molar-refractivity contribution >= 4 is 39.3 Å². The van der Waals surface area contributed by atoms with Crippen LogP contribution in [0.2, 0.25) is 0 Å². The van der Waals surface area contributed by atoms with Gasteiger partial charge < -0.3 is 9.26 Å². The Kier molecular flexibility index (Phi) is 5.22. The van der Waals surface area contributed by atoms with Gasteiger partial charge in [0.1, 0.15) is 0 Å². The maximum absolute atomic E-state index is 11.8. The lowest BCUT2D eigenvalue weighted by Gasteiger charge is -2.00. The standard InChI is InChI=1S/C17H13BrN2O3S/c1-11-4-5-12(13(18)9-11)6-7-16(21)22-10-15-19-17(20-23-15)14-3-2-8-24-14/h2-9H,10H2,1H3/b7-6+. The smallest absolute Gasteiger partial charge is 0.331 e. The van der Waals surface area contributed by atoms with Crippen molar-refractivity contribution in [3.63, 3.8) is 0 Å². The molecule has 0 aliphatic rings. The van der Waals surface area contributed by atoms with Crippen LogP contribution in [0.15, 0.2) is 50.8 Å². The van der Waals surface area contributed by atoms with Crippen molar-refractivity contribution in [1.29, 1.82) is 0 Å². The number of carbonyl (C=O) groups excluding carboxylic acids is 1. The molecule has 7 heteroatoms. The number of benzene rings is 1. The first-order valence-electron chi connectivity index (χ1n) is 7.09. The fourth-order valence-corrected chi connectivity index (χ4v) is 3.20. The van der Waals surface area contributed by atoms with Crippen LogP contribution in [0, 0.1) is 6.92 Å². The van der Waals surface area contributed by atoms with Crippen LogP contribution in [-0.4, -0.2) is 16.1 Å². The number of rotatable bonds is 5. The molecule has 2 aromatic heterocycles. The molecular formula is C17H13BrN2O3S. The van der Waals surface area contributed by atoms with Gasteiger partial charge in [-0.1, -0.05) is 39.3 Å². The van der Waals surface area contributed by atoms with Crippen molar-refractivity contribution in [1.82, 2.24) is 10.1 Å². The summed E-state index contributed by atoms with van der Waals surface area (Å²) in [6, 6.07) is 9.68. The molecule has 122 valence electrons. The Morgan fingerprint density at radius 2 is 2.29 bits per heavy atom. The van der Waals surface area contributed by atoms with E-state index in [9.17, 15) is 4.79 Å². The fraction of sp³-hybridized carbons (Fsp3) is 0.118. The van der Waals surface area contributed by atoms with E-state index in [0.29, 0.717) is 5.82 Å². The van der Waals surface area contributed by atoms with Gasteiger partial charge in [0.2, 0.25) is 5.82 Å². The molecule has 3 rings (SSSR count). The molecule has 0 bridgehead atoms. The summed E-state index contributed by atoms with van der Waals surface area (Å²) in [5, 5.41) is 5.79.